The fourth-order valence-electron chi connectivity index (χ4n) is 6.46. The predicted molar refractivity (Wildman–Crippen MR) is 174 cm³/mol. The Hall–Kier alpha value is -0.360. The zero-order valence-corrected chi connectivity index (χ0v) is 28.7. The van der Waals surface area contributed by atoms with Gasteiger partial charge in [0.2, 0.25) is 7.51 Å². The molecule has 1 aromatic rings. The molecule has 1 aliphatic heterocycles. The van der Waals surface area contributed by atoms with Crippen molar-refractivity contribution >= 4 is 15.4 Å². The number of rotatable bonds is 8. The van der Waals surface area contributed by atoms with E-state index in [0.717, 1.165) is 32.0 Å². The standard InChI is InChI=1S/C30H60N7P2/c1-30(2,3)31-38(32-39(33(4)5,34(6)7)35(8)9)36(10)24-17-25-37(38)26-27-20-22-29(23-21-27)28-18-15-13-11-12-14-16-19-28/h20-23,28,31H,11-19,24-26H2,1-10H3/q+1. The van der Waals surface area contributed by atoms with Gasteiger partial charge in [0.05, 0.1) is 0 Å². The third-order valence-electron chi connectivity index (χ3n) is 8.28. The zero-order chi connectivity index (χ0) is 28.8. The van der Waals surface area contributed by atoms with Crippen molar-refractivity contribution in [3.8, 4) is 0 Å². The molecule has 2 fully saturated rings. The van der Waals surface area contributed by atoms with Crippen LogP contribution in [0.2, 0.25) is 0 Å². The Morgan fingerprint density at radius 3 is 1.82 bits per heavy atom. The first-order chi connectivity index (χ1) is 18.3. The summed E-state index contributed by atoms with van der Waals surface area (Å²) in [5.41, 5.74) is 2.88. The molecule has 224 valence electrons. The van der Waals surface area contributed by atoms with Crippen LogP contribution in [0.4, 0.5) is 0 Å². The summed E-state index contributed by atoms with van der Waals surface area (Å²) in [5.74, 6) is 0.730. The molecule has 3 rings (SSSR count). The van der Waals surface area contributed by atoms with Gasteiger partial charge in [-0.05, 0) is 68.6 Å². The van der Waals surface area contributed by atoms with Crippen molar-refractivity contribution in [3.63, 3.8) is 0 Å². The van der Waals surface area contributed by atoms with Gasteiger partial charge in [-0.15, -0.1) is 14.0 Å². The topological polar surface area (TPSA) is 40.6 Å². The lowest BCUT2D eigenvalue weighted by molar-refractivity contribution is 0.313. The highest BCUT2D eigenvalue weighted by molar-refractivity contribution is 7.75. The third-order valence-corrected chi connectivity index (χ3v) is 16.7. The molecule has 1 heterocycles. The highest BCUT2D eigenvalue weighted by Gasteiger charge is 2.54. The van der Waals surface area contributed by atoms with E-state index in [1.807, 2.05) is 0 Å². The third kappa shape index (κ3) is 8.14. The average molecular weight is 581 g/mol. The summed E-state index contributed by atoms with van der Waals surface area (Å²) in [6, 6.07) is 9.71. The van der Waals surface area contributed by atoms with Crippen molar-refractivity contribution in [2.75, 3.05) is 62.4 Å². The summed E-state index contributed by atoms with van der Waals surface area (Å²) >= 11 is 0. The van der Waals surface area contributed by atoms with Gasteiger partial charge in [0.1, 0.15) is 0 Å². The molecule has 1 aliphatic carbocycles. The SMILES string of the molecule is CN1CCCN(Cc2ccc(C3CCCCCCCC3)cc2)P1(=N[P+](N(C)C)(N(C)C)N(C)C)NC(C)(C)C. The molecule has 7 nitrogen and oxygen atoms in total. The molecule has 1 atom stereocenters. The lowest BCUT2D eigenvalue weighted by Gasteiger charge is -2.49. The van der Waals surface area contributed by atoms with Crippen LogP contribution in [-0.4, -0.2) is 91.3 Å². The minimum Gasteiger partial charge on any atom is -0.251 e. The van der Waals surface area contributed by atoms with Crippen LogP contribution in [0.3, 0.4) is 0 Å². The summed E-state index contributed by atoms with van der Waals surface area (Å²) < 4.78 is 18.3. The Morgan fingerprint density at radius 2 is 1.33 bits per heavy atom. The highest BCUT2D eigenvalue weighted by Crippen LogP contribution is 2.73. The van der Waals surface area contributed by atoms with E-state index in [4.69, 9.17) is 4.52 Å². The van der Waals surface area contributed by atoms with Crippen LogP contribution < -0.4 is 5.09 Å². The van der Waals surface area contributed by atoms with Crippen LogP contribution >= 0.6 is 15.4 Å². The van der Waals surface area contributed by atoms with Gasteiger partial charge in [-0.25, -0.2) is 9.34 Å². The van der Waals surface area contributed by atoms with Crippen molar-refractivity contribution in [3.05, 3.63) is 35.4 Å². The second kappa shape index (κ2) is 14.2. The average Bonchev–Trinajstić information content (AvgIpc) is 2.98. The van der Waals surface area contributed by atoms with E-state index in [-0.39, 0.29) is 5.54 Å². The molecule has 1 saturated heterocycles. The number of nitrogens with zero attached hydrogens (tertiary/aromatic N) is 6. The molecule has 0 bridgehead atoms. The smallest absolute Gasteiger partial charge is 0.251 e. The maximum absolute atomic E-state index is 6.00. The van der Waals surface area contributed by atoms with Crippen LogP contribution in [0.5, 0.6) is 0 Å². The Morgan fingerprint density at radius 1 is 0.821 bits per heavy atom. The van der Waals surface area contributed by atoms with Crippen LogP contribution in [0, 0.1) is 0 Å². The Bertz CT molecular complexity index is 908. The van der Waals surface area contributed by atoms with Crippen molar-refractivity contribution in [1.82, 2.24) is 28.4 Å². The van der Waals surface area contributed by atoms with Gasteiger partial charge in [0.25, 0.3) is 0 Å². The van der Waals surface area contributed by atoms with E-state index in [1.54, 1.807) is 5.56 Å². The lowest BCUT2D eigenvalue weighted by Crippen LogP contribution is -2.48. The van der Waals surface area contributed by atoms with Crippen LogP contribution in [0.15, 0.2) is 28.8 Å². The van der Waals surface area contributed by atoms with Crippen molar-refractivity contribution in [2.24, 2.45) is 4.52 Å². The fraction of sp³-hybridized carbons (Fsp3) is 0.800. The maximum atomic E-state index is 6.00. The molecule has 0 aromatic heterocycles. The van der Waals surface area contributed by atoms with E-state index in [2.05, 4.69) is 123 Å². The molecule has 0 spiro atoms. The summed E-state index contributed by atoms with van der Waals surface area (Å²) in [6.45, 7) is 9.91. The Kier molecular flexibility index (Phi) is 12.1. The normalized spacial score (nSPS) is 23.7. The van der Waals surface area contributed by atoms with E-state index < -0.39 is 15.4 Å². The van der Waals surface area contributed by atoms with Crippen molar-refractivity contribution in [2.45, 2.75) is 96.6 Å². The van der Waals surface area contributed by atoms with Crippen molar-refractivity contribution < 1.29 is 0 Å². The first-order valence-electron chi connectivity index (χ1n) is 15.2. The first-order valence-corrected chi connectivity index (χ1v) is 18.5. The Labute approximate surface area is 242 Å². The predicted octanol–water partition coefficient (Wildman–Crippen LogP) is 7.74. The van der Waals surface area contributed by atoms with E-state index in [1.165, 1.54) is 56.9 Å². The number of hydrogen-bond donors (Lipinski definition) is 1. The van der Waals surface area contributed by atoms with Crippen LogP contribution in [-0.2, 0) is 6.54 Å². The van der Waals surface area contributed by atoms with E-state index >= 15 is 0 Å². The lowest BCUT2D eigenvalue weighted by atomic mass is 9.89. The maximum Gasteiger partial charge on any atom is 0.355 e. The van der Waals surface area contributed by atoms with Gasteiger partial charge in [-0.3, -0.25) is 5.09 Å². The van der Waals surface area contributed by atoms with Gasteiger partial charge in [0, 0.05) is 67.5 Å². The van der Waals surface area contributed by atoms with Crippen LogP contribution in [0.1, 0.15) is 95.6 Å². The molecular weight excluding hydrogens is 520 g/mol. The van der Waals surface area contributed by atoms with Gasteiger partial charge in [-0.1, -0.05) is 62.8 Å². The van der Waals surface area contributed by atoms with Crippen molar-refractivity contribution in [1.29, 1.82) is 0 Å². The molecule has 1 aromatic carbocycles. The second-order valence-electron chi connectivity index (χ2n) is 13.4. The fourth-order valence-corrected chi connectivity index (χ4v) is 15.9. The molecule has 1 unspecified atom stereocenters. The second-order valence-corrected chi connectivity index (χ2v) is 20.2. The molecule has 1 saturated carbocycles. The number of benzene rings is 1. The minimum absolute atomic E-state index is 0.0670. The summed E-state index contributed by atoms with van der Waals surface area (Å²) in [4.78, 5) is 0. The first kappa shape index (κ1) is 33.1. The molecule has 0 radical (unpaired) electrons. The highest BCUT2D eigenvalue weighted by atomic mass is 31.2. The molecular formula is C30H60N7P2+. The number of nitrogens with one attached hydrogen (secondary N) is 1. The largest absolute Gasteiger partial charge is 0.355 e. The zero-order valence-electron chi connectivity index (χ0n) is 26.9. The molecule has 39 heavy (non-hydrogen) atoms. The summed E-state index contributed by atoms with van der Waals surface area (Å²) in [5, 5.41) is 4.14. The van der Waals surface area contributed by atoms with Gasteiger partial charge >= 0.3 is 7.87 Å². The van der Waals surface area contributed by atoms with Crippen LogP contribution in [0.25, 0.3) is 0 Å². The number of hydrogen-bond acceptors (Lipinski definition) is 4. The molecule has 1 N–H and O–H groups in total. The van der Waals surface area contributed by atoms with E-state index in [0.29, 0.717) is 0 Å². The monoisotopic (exact) mass is 580 g/mol. The van der Waals surface area contributed by atoms with Gasteiger partial charge < -0.3 is 0 Å². The summed E-state index contributed by atoms with van der Waals surface area (Å²) in [7, 11) is 11.1. The quantitative estimate of drug-likeness (QED) is 0.317. The van der Waals surface area contributed by atoms with E-state index in [9.17, 15) is 0 Å². The Balaban J connectivity index is 2.01. The molecule has 0 amide bonds. The summed E-state index contributed by atoms with van der Waals surface area (Å²) in [6.07, 6.45) is 12.3. The van der Waals surface area contributed by atoms with Gasteiger partial charge in [-0.2, -0.15) is 0 Å². The minimum atomic E-state index is -2.25. The van der Waals surface area contributed by atoms with Gasteiger partial charge in [0.15, 0.2) is 0 Å². The molecule has 2 aliphatic rings. The molecule has 9 heteroatoms.